The predicted octanol–water partition coefficient (Wildman–Crippen LogP) is 3.16. The smallest absolute Gasteiger partial charge is 0.136 e. The van der Waals surface area contributed by atoms with E-state index in [1.165, 1.54) is 18.4 Å². The predicted molar refractivity (Wildman–Crippen MR) is 52.6 cm³/mol. The van der Waals surface area contributed by atoms with Crippen LogP contribution in [0.25, 0.3) is 0 Å². The molecular weight excluding hydrogens is 216 g/mol. The van der Waals surface area contributed by atoms with Crippen molar-refractivity contribution in [2.75, 3.05) is 6.61 Å². The Morgan fingerprint density at radius 3 is 3.08 bits per heavy atom. The largest absolute Gasteiger partial charge is 0.492 e. The fraction of sp³-hybridized carbons (Fsp3) is 0.400. The Morgan fingerprint density at radius 2 is 2.17 bits per heavy atom. The Labute approximate surface area is 80.9 Å². The molecule has 0 unspecified atom stereocenters. The third-order valence-corrected chi connectivity index (χ3v) is 2.76. The fourth-order valence-corrected chi connectivity index (χ4v) is 2.03. The minimum atomic E-state index is 0.857. The molecule has 0 saturated heterocycles. The molecule has 2 heteroatoms. The molecule has 0 atom stereocenters. The van der Waals surface area contributed by atoms with E-state index in [1.807, 2.05) is 6.07 Å². The van der Waals surface area contributed by atoms with Crippen molar-refractivity contribution in [3.8, 4) is 5.75 Å². The Morgan fingerprint density at radius 1 is 1.25 bits per heavy atom. The molecule has 1 aliphatic heterocycles. The van der Waals surface area contributed by atoms with E-state index in [0.717, 1.165) is 23.2 Å². The van der Waals surface area contributed by atoms with Crippen LogP contribution in [0.5, 0.6) is 5.75 Å². The normalized spacial score (nSPS) is 16.1. The number of fused-ring (bicyclic) bond motifs is 1. The molecule has 1 heterocycles. The first-order valence-corrected chi connectivity index (χ1v) is 5.07. The number of para-hydroxylation sites is 1. The van der Waals surface area contributed by atoms with Crippen LogP contribution in [0.3, 0.4) is 0 Å². The van der Waals surface area contributed by atoms with Crippen molar-refractivity contribution in [3.05, 3.63) is 28.2 Å². The van der Waals surface area contributed by atoms with Crippen molar-refractivity contribution in [1.82, 2.24) is 0 Å². The first kappa shape index (κ1) is 8.11. The monoisotopic (exact) mass is 226 g/mol. The zero-order valence-corrected chi connectivity index (χ0v) is 8.43. The van der Waals surface area contributed by atoms with Crippen molar-refractivity contribution in [2.45, 2.75) is 19.3 Å². The van der Waals surface area contributed by atoms with Crippen LogP contribution in [-0.2, 0) is 6.42 Å². The van der Waals surface area contributed by atoms with Crippen LogP contribution in [0.2, 0.25) is 0 Å². The summed E-state index contributed by atoms with van der Waals surface area (Å²) in [5.74, 6) is 1.05. The highest BCUT2D eigenvalue weighted by molar-refractivity contribution is 9.10. The van der Waals surface area contributed by atoms with Crippen LogP contribution < -0.4 is 4.74 Å². The molecule has 0 saturated carbocycles. The van der Waals surface area contributed by atoms with E-state index in [4.69, 9.17) is 4.74 Å². The van der Waals surface area contributed by atoms with Crippen molar-refractivity contribution < 1.29 is 4.74 Å². The molecule has 0 N–H and O–H groups in total. The summed E-state index contributed by atoms with van der Waals surface area (Å²) in [7, 11) is 0. The molecular formula is C10H11BrO. The Hall–Kier alpha value is -0.500. The SMILES string of the molecule is Brc1cccc2c1OCCCC2. The van der Waals surface area contributed by atoms with E-state index in [2.05, 4.69) is 28.1 Å². The van der Waals surface area contributed by atoms with Crippen LogP contribution in [-0.4, -0.2) is 6.61 Å². The summed E-state index contributed by atoms with van der Waals surface area (Å²) in [4.78, 5) is 0. The number of rotatable bonds is 0. The highest BCUT2D eigenvalue weighted by atomic mass is 79.9. The van der Waals surface area contributed by atoms with Gasteiger partial charge < -0.3 is 4.74 Å². The summed E-state index contributed by atoms with van der Waals surface area (Å²) >= 11 is 3.49. The van der Waals surface area contributed by atoms with E-state index in [-0.39, 0.29) is 0 Å². The van der Waals surface area contributed by atoms with Gasteiger partial charge >= 0.3 is 0 Å². The number of halogens is 1. The van der Waals surface area contributed by atoms with Gasteiger partial charge in [0.15, 0.2) is 0 Å². The number of hydrogen-bond donors (Lipinski definition) is 0. The molecule has 0 aliphatic carbocycles. The number of hydrogen-bond acceptors (Lipinski definition) is 1. The first-order chi connectivity index (χ1) is 5.88. The van der Waals surface area contributed by atoms with Gasteiger partial charge in [0.2, 0.25) is 0 Å². The van der Waals surface area contributed by atoms with Crippen molar-refractivity contribution in [2.24, 2.45) is 0 Å². The molecule has 0 radical (unpaired) electrons. The molecule has 1 aromatic rings. The zero-order chi connectivity index (χ0) is 8.39. The van der Waals surface area contributed by atoms with Crippen molar-refractivity contribution in [3.63, 3.8) is 0 Å². The van der Waals surface area contributed by atoms with Gasteiger partial charge in [0.1, 0.15) is 5.75 Å². The second-order valence-corrected chi connectivity index (χ2v) is 3.89. The Kier molecular flexibility index (Phi) is 2.35. The topological polar surface area (TPSA) is 9.23 Å². The lowest BCUT2D eigenvalue weighted by atomic mass is 10.1. The third-order valence-electron chi connectivity index (χ3n) is 2.14. The first-order valence-electron chi connectivity index (χ1n) is 4.28. The van der Waals surface area contributed by atoms with Crippen molar-refractivity contribution >= 4 is 15.9 Å². The molecule has 0 aromatic heterocycles. The minimum Gasteiger partial charge on any atom is -0.492 e. The number of ether oxygens (including phenoxy) is 1. The second kappa shape index (κ2) is 3.48. The van der Waals surface area contributed by atoms with Crippen LogP contribution in [0.1, 0.15) is 18.4 Å². The average molecular weight is 227 g/mol. The maximum absolute atomic E-state index is 5.63. The number of aryl methyl sites for hydroxylation is 1. The van der Waals surface area contributed by atoms with Crippen LogP contribution in [0.15, 0.2) is 22.7 Å². The van der Waals surface area contributed by atoms with E-state index in [1.54, 1.807) is 0 Å². The lowest BCUT2D eigenvalue weighted by Gasteiger charge is -2.07. The molecule has 1 aromatic carbocycles. The van der Waals surface area contributed by atoms with Gasteiger partial charge in [-0.1, -0.05) is 12.1 Å². The molecule has 1 aliphatic rings. The standard InChI is InChI=1S/C10H11BrO/c11-9-6-3-5-8-4-1-2-7-12-10(8)9/h3,5-6H,1-2,4,7H2. The van der Waals surface area contributed by atoms with E-state index in [0.29, 0.717) is 0 Å². The van der Waals surface area contributed by atoms with Crippen LogP contribution >= 0.6 is 15.9 Å². The zero-order valence-electron chi connectivity index (χ0n) is 6.85. The highest BCUT2D eigenvalue weighted by Gasteiger charge is 2.10. The van der Waals surface area contributed by atoms with Crippen molar-refractivity contribution in [1.29, 1.82) is 0 Å². The molecule has 2 rings (SSSR count). The lowest BCUT2D eigenvalue weighted by molar-refractivity contribution is 0.315. The summed E-state index contributed by atoms with van der Waals surface area (Å²) < 4.78 is 6.72. The molecule has 0 amide bonds. The Balaban J connectivity index is 2.42. The Bertz CT molecular complexity index is 283. The van der Waals surface area contributed by atoms with Gasteiger partial charge in [-0.2, -0.15) is 0 Å². The van der Waals surface area contributed by atoms with E-state index < -0.39 is 0 Å². The summed E-state index contributed by atoms with van der Waals surface area (Å²) in [5, 5.41) is 0. The van der Waals surface area contributed by atoms with Gasteiger partial charge in [0, 0.05) is 0 Å². The third kappa shape index (κ3) is 1.48. The molecule has 0 bridgehead atoms. The highest BCUT2D eigenvalue weighted by Crippen LogP contribution is 2.31. The second-order valence-electron chi connectivity index (χ2n) is 3.03. The quantitative estimate of drug-likeness (QED) is 0.661. The molecule has 1 nitrogen and oxygen atoms in total. The van der Waals surface area contributed by atoms with Gasteiger partial charge in [-0.3, -0.25) is 0 Å². The molecule has 64 valence electrons. The van der Waals surface area contributed by atoms with Gasteiger partial charge in [-0.05, 0) is 46.8 Å². The summed E-state index contributed by atoms with van der Waals surface area (Å²) in [6, 6.07) is 6.24. The fourth-order valence-electron chi connectivity index (χ4n) is 1.50. The molecule has 0 fully saturated rings. The summed E-state index contributed by atoms with van der Waals surface area (Å²) in [5.41, 5.74) is 1.34. The van der Waals surface area contributed by atoms with E-state index in [9.17, 15) is 0 Å². The van der Waals surface area contributed by atoms with Gasteiger partial charge in [0.25, 0.3) is 0 Å². The van der Waals surface area contributed by atoms with Gasteiger partial charge in [-0.25, -0.2) is 0 Å². The van der Waals surface area contributed by atoms with Gasteiger partial charge in [0.05, 0.1) is 11.1 Å². The van der Waals surface area contributed by atoms with Crippen LogP contribution in [0.4, 0.5) is 0 Å². The summed E-state index contributed by atoms with van der Waals surface area (Å²) in [6.45, 7) is 0.857. The molecule has 12 heavy (non-hydrogen) atoms. The maximum Gasteiger partial charge on any atom is 0.136 e. The minimum absolute atomic E-state index is 0.857. The van der Waals surface area contributed by atoms with Crippen LogP contribution in [0, 0.1) is 0 Å². The summed E-state index contributed by atoms with van der Waals surface area (Å²) in [6.07, 6.45) is 3.55. The van der Waals surface area contributed by atoms with E-state index >= 15 is 0 Å². The number of benzene rings is 1. The average Bonchev–Trinajstić information content (AvgIpc) is 2.30. The van der Waals surface area contributed by atoms with Gasteiger partial charge in [-0.15, -0.1) is 0 Å². The molecule has 0 spiro atoms. The lowest BCUT2D eigenvalue weighted by Crippen LogP contribution is -1.95. The maximum atomic E-state index is 5.63.